The van der Waals surface area contributed by atoms with Crippen LogP contribution in [0.3, 0.4) is 0 Å². The highest BCUT2D eigenvalue weighted by atomic mass is 19.1. The maximum absolute atomic E-state index is 12.8. The van der Waals surface area contributed by atoms with Gasteiger partial charge in [-0.2, -0.15) is 5.10 Å². The van der Waals surface area contributed by atoms with E-state index < -0.39 is 0 Å². The Balaban J connectivity index is 1.92. The van der Waals surface area contributed by atoms with Crippen molar-refractivity contribution < 1.29 is 9.13 Å². The van der Waals surface area contributed by atoms with Crippen LogP contribution in [0.15, 0.2) is 42.5 Å². The average molecular weight is 242 g/mol. The summed E-state index contributed by atoms with van der Waals surface area (Å²) in [5, 5.41) is 8.13. The molecule has 3 rings (SSSR count). The summed E-state index contributed by atoms with van der Waals surface area (Å²) in [4.78, 5) is 0. The lowest BCUT2D eigenvalue weighted by Gasteiger charge is -2.05. The summed E-state index contributed by atoms with van der Waals surface area (Å²) in [5.41, 5.74) is 1.88. The minimum absolute atomic E-state index is 0.276. The molecule has 1 heterocycles. The minimum atomic E-state index is -0.276. The van der Waals surface area contributed by atoms with Crippen molar-refractivity contribution in [2.45, 2.75) is 6.92 Å². The zero-order chi connectivity index (χ0) is 12.5. The summed E-state index contributed by atoms with van der Waals surface area (Å²) in [6.07, 6.45) is 0. The highest BCUT2D eigenvalue weighted by Crippen LogP contribution is 2.25. The predicted molar refractivity (Wildman–Crippen MR) is 67.3 cm³/mol. The van der Waals surface area contributed by atoms with Crippen molar-refractivity contribution in [2.75, 3.05) is 0 Å². The van der Waals surface area contributed by atoms with E-state index in [-0.39, 0.29) is 5.82 Å². The van der Waals surface area contributed by atoms with Crippen LogP contribution in [0.4, 0.5) is 4.39 Å². The first kappa shape index (κ1) is 10.8. The van der Waals surface area contributed by atoms with Crippen molar-refractivity contribution in [3.63, 3.8) is 0 Å². The molecule has 0 bridgehead atoms. The number of halogens is 1. The molecule has 18 heavy (non-hydrogen) atoms. The summed E-state index contributed by atoms with van der Waals surface area (Å²) in [5.74, 6) is 1.02. The zero-order valence-electron chi connectivity index (χ0n) is 9.77. The number of ether oxygens (including phenoxy) is 1. The van der Waals surface area contributed by atoms with Crippen molar-refractivity contribution in [2.24, 2.45) is 0 Å². The molecule has 0 aliphatic rings. The third kappa shape index (κ3) is 1.93. The van der Waals surface area contributed by atoms with Gasteiger partial charge < -0.3 is 4.74 Å². The van der Waals surface area contributed by atoms with E-state index in [1.165, 1.54) is 12.1 Å². The van der Waals surface area contributed by atoms with E-state index in [0.29, 0.717) is 11.5 Å². The minimum Gasteiger partial charge on any atom is -0.457 e. The zero-order valence-corrected chi connectivity index (χ0v) is 9.77. The second kappa shape index (κ2) is 4.14. The van der Waals surface area contributed by atoms with Gasteiger partial charge in [0.25, 0.3) is 0 Å². The molecule has 1 N–H and O–H groups in total. The Bertz CT molecular complexity index is 689. The number of hydrogen-bond donors (Lipinski definition) is 1. The molecule has 0 radical (unpaired) electrons. The van der Waals surface area contributed by atoms with Crippen LogP contribution in [0.25, 0.3) is 10.9 Å². The van der Waals surface area contributed by atoms with Crippen molar-refractivity contribution in [1.29, 1.82) is 0 Å². The molecular formula is C14H11FN2O. The average Bonchev–Trinajstić information content (AvgIpc) is 2.74. The van der Waals surface area contributed by atoms with Crippen molar-refractivity contribution in [1.82, 2.24) is 10.2 Å². The van der Waals surface area contributed by atoms with Gasteiger partial charge in [-0.25, -0.2) is 4.39 Å². The SMILES string of the molecule is Cc1n[nH]c2cc(Oc3ccc(F)cc3)ccc12. The summed E-state index contributed by atoms with van der Waals surface area (Å²) >= 11 is 0. The van der Waals surface area contributed by atoms with Crippen LogP contribution in [0.1, 0.15) is 5.69 Å². The van der Waals surface area contributed by atoms with E-state index in [2.05, 4.69) is 10.2 Å². The first-order valence-electron chi connectivity index (χ1n) is 5.60. The lowest BCUT2D eigenvalue weighted by atomic mass is 10.2. The topological polar surface area (TPSA) is 37.9 Å². The standard InChI is InChI=1S/C14H11FN2O/c1-9-13-7-6-12(8-14(13)17-16-9)18-11-4-2-10(15)3-5-11/h2-8H,1H3,(H,16,17). The molecule has 3 aromatic rings. The van der Waals surface area contributed by atoms with Crippen LogP contribution >= 0.6 is 0 Å². The molecule has 0 atom stereocenters. The third-order valence-electron chi connectivity index (χ3n) is 2.77. The molecule has 2 aromatic carbocycles. The molecule has 0 spiro atoms. The molecule has 3 nitrogen and oxygen atoms in total. The molecule has 0 saturated heterocycles. The van der Waals surface area contributed by atoms with Crippen molar-refractivity contribution >= 4 is 10.9 Å². The van der Waals surface area contributed by atoms with E-state index in [9.17, 15) is 4.39 Å². The van der Waals surface area contributed by atoms with Gasteiger partial charge in [0.15, 0.2) is 0 Å². The summed E-state index contributed by atoms with van der Waals surface area (Å²) in [6, 6.07) is 11.6. The maximum atomic E-state index is 12.8. The number of fused-ring (bicyclic) bond motifs is 1. The van der Waals surface area contributed by atoms with Gasteiger partial charge in [-0.3, -0.25) is 5.10 Å². The smallest absolute Gasteiger partial charge is 0.129 e. The summed E-state index contributed by atoms with van der Waals surface area (Å²) in [6.45, 7) is 1.94. The number of rotatable bonds is 2. The molecule has 4 heteroatoms. The second-order valence-corrected chi connectivity index (χ2v) is 4.07. The monoisotopic (exact) mass is 242 g/mol. The number of hydrogen-bond acceptors (Lipinski definition) is 2. The quantitative estimate of drug-likeness (QED) is 0.742. The fourth-order valence-corrected chi connectivity index (χ4v) is 1.84. The summed E-state index contributed by atoms with van der Waals surface area (Å²) < 4.78 is 18.4. The van der Waals surface area contributed by atoms with Gasteiger partial charge in [0.1, 0.15) is 17.3 Å². The summed E-state index contributed by atoms with van der Waals surface area (Å²) in [7, 11) is 0. The molecule has 0 unspecified atom stereocenters. The van der Waals surface area contributed by atoms with Gasteiger partial charge in [0.05, 0.1) is 11.2 Å². The Morgan fingerprint density at radius 2 is 1.78 bits per heavy atom. The highest BCUT2D eigenvalue weighted by molar-refractivity contribution is 5.82. The number of aryl methyl sites for hydroxylation is 1. The third-order valence-corrected chi connectivity index (χ3v) is 2.77. The normalized spacial score (nSPS) is 10.8. The van der Waals surface area contributed by atoms with Gasteiger partial charge in [-0.15, -0.1) is 0 Å². The number of aromatic amines is 1. The number of benzene rings is 2. The highest BCUT2D eigenvalue weighted by Gasteiger charge is 2.03. The predicted octanol–water partition coefficient (Wildman–Crippen LogP) is 3.80. The molecule has 0 aliphatic carbocycles. The van der Waals surface area contributed by atoms with Crippen molar-refractivity contribution in [3.8, 4) is 11.5 Å². The molecule has 0 aliphatic heterocycles. The van der Waals surface area contributed by atoms with Crippen LogP contribution in [-0.4, -0.2) is 10.2 Å². The largest absolute Gasteiger partial charge is 0.457 e. The van der Waals surface area contributed by atoms with E-state index in [1.54, 1.807) is 12.1 Å². The van der Waals surface area contributed by atoms with Crippen LogP contribution in [0.2, 0.25) is 0 Å². The number of H-pyrrole nitrogens is 1. The fraction of sp³-hybridized carbons (Fsp3) is 0.0714. The van der Waals surface area contributed by atoms with Crippen LogP contribution in [-0.2, 0) is 0 Å². The molecular weight excluding hydrogens is 231 g/mol. The first-order chi connectivity index (χ1) is 8.72. The van der Waals surface area contributed by atoms with Gasteiger partial charge in [-0.05, 0) is 43.3 Å². The molecule has 90 valence electrons. The Morgan fingerprint density at radius 3 is 2.56 bits per heavy atom. The van der Waals surface area contributed by atoms with E-state index in [0.717, 1.165) is 16.6 Å². The number of nitrogens with one attached hydrogen (secondary N) is 1. The number of aromatic nitrogens is 2. The van der Waals surface area contributed by atoms with Gasteiger partial charge in [-0.1, -0.05) is 0 Å². The molecule has 0 fully saturated rings. The Morgan fingerprint density at radius 1 is 1.06 bits per heavy atom. The van der Waals surface area contributed by atoms with Crippen LogP contribution < -0.4 is 4.74 Å². The van der Waals surface area contributed by atoms with E-state index in [4.69, 9.17) is 4.74 Å². The first-order valence-corrected chi connectivity index (χ1v) is 5.60. The molecule has 0 amide bonds. The van der Waals surface area contributed by atoms with Crippen LogP contribution in [0, 0.1) is 12.7 Å². The fourth-order valence-electron chi connectivity index (χ4n) is 1.84. The lowest BCUT2D eigenvalue weighted by molar-refractivity contribution is 0.481. The molecule has 1 aromatic heterocycles. The van der Waals surface area contributed by atoms with Crippen LogP contribution in [0.5, 0.6) is 11.5 Å². The Labute approximate surface area is 103 Å². The number of nitrogens with zero attached hydrogens (tertiary/aromatic N) is 1. The van der Waals surface area contributed by atoms with E-state index >= 15 is 0 Å². The van der Waals surface area contributed by atoms with Gasteiger partial charge >= 0.3 is 0 Å². The lowest BCUT2D eigenvalue weighted by Crippen LogP contribution is -1.84. The second-order valence-electron chi connectivity index (χ2n) is 4.07. The Kier molecular flexibility index (Phi) is 2.48. The van der Waals surface area contributed by atoms with Gasteiger partial charge in [0.2, 0.25) is 0 Å². The maximum Gasteiger partial charge on any atom is 0.129 e. The Hall–Kier alpha value is -2.36. The molecule has 0 saturated carbocycles. The van der Waals surface area contributed by atoms with Crippen molar-refractivity contribution in [3.05, 3.63) is 54.0 Å². The van der Waals surface area contributed by atoms with Gasteiger partial charge in [0, 0.05) is 11.5 Å². The van der Waals surface area contributed by atoms with E-state index in [1.807, 2.05) is 25.1 Å².